The van der Waals surface area contributed by atoms with Crippen LogP contribution in [-0.2, 0) is 12.8 Å². The molecule has 0 atom stereocenters. The number of aliphatic hydroxyl groups excluding tert-OH is 2. The van der Waals surface area contributed by atoms with Crippen molar-refractivity contribution >= 4 is 6.29 Å². The van der Waals surface area contributed by atoms with E-state index in [2.05, 4.69) is 0 Å². The summed E-state index contributed by atoms with van der Waals surface area (Å²) >= 11 is 0. The summed E-state index contributed by atoms with van der Waals surface area (Å²) in [6.45, 7) is 0.338. The number of aldehydes is 1. The predicted molar refractivity (Wildman–Crippen MR) is 79.9 cm³/mol. The van der Waals surface area contributed by atoms with Crippen LogP contribution in [0.3, 0.4) is 0 Å². The fourth-order valence-electron chi connectivity index (χ4n) is 1.82. The summed E-state index contributed by atoms with van der Waals surface area (Å²) in [4.78, 5) is 10.0. The quantitative estimate of drug-likeness (QED) is 0.821. The summed E-state index contributed by atoms with van der Waals surface area (Å²) in [6, 6.07) is 17.0. The third-order valence-electron chi connectivity index (χ3n) is 2.82. The zero-order valence-electron chi connectivity index (χ0n) is 11.4. The Morgan fingerprint density at radius 2 is 1.20 bits per heavy atom. The molecule has 3 heteroatoms. The van der Waals surface area contributed by atoms with Gasteiger partial charge < -0.3 is 10.2 Å². The van der Waals surface area contributed by atoms with Gasteiger partial charge in [-0.2, -0.15) is 0 Å². The van der Waals surface area contributed by atoms with E-state index in [1.807, 2.05) is 42.5 Å². The summed E-state index contributed by atoms with van der Waals surface area (Å²) in [6.07, 6.45) is 2.19. The topological polar surface area (TPSA) is 57.5 Å². The minimum Gasteiger partial charge on any atom is -0.396 e. The summed E-state index contributed by atoms with van der Waals surface area (Å²) in [5.74, 6) is 0. The Balaban J connectivity index is 0.000000217. The smallest absolute Gasteiger partial charge is 0.150 e. The lowest BCUT2D eigenvalue weighted by atomic mass is 10.0. The lowest BCUT2D eigenvalue weighted by molar-refractivity contribution is 0.112. The van der Waals surface area contributed by atoms with E-state index >= 15 is 0 Å². The van der Waals surface area contributed by atoms with Crippen molar-refractivity contribution in [3.63, 3.8) is 0 Å². The van der Waals surface area contributed by atoms with Gasteiger partial charge in [-0.1, -0.05) is 54.6 Å². The lowest BCUT2D eigenvalue weighted by Gasteiger charge is -2.05. The van der Waals surface area contributed by atoms with Crippen LogP contribution in [0.4, 0.5) is 0 Å². The molecule has 0 unspecified atom stereocenters. The molecule has 0 fully saturated rings. The van der Waals surface area contributed by atoms with Crippen LogP contribution in [0.2, 0.25) is 0 Å². The second-order valence-corrected chi connectivity index (χ2v) is 4.24. The maximum Gasteiger partial charge on any atom is 0.150 e. The van der Waals surface area contributed by atoms with Crippen molar-refractivity contribution in [1.82, 2.24) is 0 Å². The van der Waals surface area contributed by atoms with Gasteiger partial charge in [0.05, 0.1) is 0 Å². The van der Waals surface area contributed by atoms with Gasteiger partial charge in [0, 0.05) is 18.8 Å². The minimum absolute atomic E-state index is 0.169. The molecule has 2 aromatic carbocycles. The van der Waals surface area contributed by atoms with E-state index in [4.69, 9.17) is 10.2 Å². The van der Waals surface area contributed by atoms with Gasteiger partial charge >= 0.3 is 0 Å². The van der Waals surface area contributed by atoms with Gasteiger partial charge in [0.1, 0.15) is 6.29 Å². The fraction of sp³-hybridized carbons (Fsp3) is 0.235. The number of aliphatic hydroxyl groups is 2. The molecule has 0 amide bonds. The molecule has 0 aliphatic heterocycles. The highest BCUT2D eigenvalue weighted by atomic mass is 16.3. The Morgan fingerprint density at radius 3 is 1.55 bits per heavy atom. The Labute approximate surface area is 119 Å². The number of carbonyl (C=O) groups excluding carboxylic acids is 1. The molecule has 0 aromatic heterocycles. The largest absolute Gasteiger partial charge is 0.396 e. The van der Waals surface area contributed by atoms with Crippen LogP contribution in [0.15, 0.2) is 54.6 Å². The molecule has 0 aliphatic rings. The molecule has 0 spiro atoms. The Bertz CT molecular complexity index is 470. The molecule has 20 heavy (non-hydrogen) atoms. The van der Waals surface area contributed by atoms with E-state index in [0.717, 1.165) is 23.0 Å². The molecular weight excluding hydrogens is 252 g/mol. The standard InChI is InChI=1S/C10H14O2.C7H6O/c11-7-5-9-3-1-2-4-10(9)6-8-12;8-6-7-4-2-1-3-5-7/h1-4,11-12H,5-8H2;1-6H. The lowest BCUT2D eigenvalue weighted by Crippen LogP contribution is -1.99. The third kappa shape index (κ3) is 5.78. The van der Waals surface area contributed by atoms with Gasteiger partial charge in [0.2, 0.25) is 0 Å². The number of rotatable bonds is 5. The summed E-state index contributed by atoms with van der Waals surface area (Å²) < 4.78 is 0. The average Bonchev–Trinajstić information content (AvgIpc) is 2.51. The van der Waals surface area contributed by atoms with Crippen molar-refractivity contribution in [3.8, 4) is 0 Å². The number of benzene rings is 2. The SMILES string of the molecule is O=Cc1ccccc1.OCCc1ccccc1CCO. The van der Waals surface area contributed by atoms with Crippen LogP contribution in [-0.4, -0.2) is 29.7 Å². The molecule has 0 heterocycles. The van der Waals surface area contributed by atoms with E-state index in [1.165, 1.54) is 0 Å². The van der Waals surface area contributed by atoms with Crippen molar-refractivity contribution in [2.45, 2.75) is 12.8 Å². The van der Waals surface area contributed by atoms with Crippen LogP contribution in [0.25, 0.3) is 0 Å². The number of hydrogen-bond acceptors (Lipinski definition) is 3. The van der Waals surface area contributed by atoms with E-state index in [1.54, 1.807) is 12.1 Å². The van der Waals surface area contributed by atoms with Gasteiger partial charge in [-0.25, -0.2) is 0 Å². The van der Waals surface area contributed by atoms with E-state index in [0.29, 0.717) is 12.8 Å². The molecular formula is C17H20O3. The molecule has 0 saturated carbocycles. The first-order valence-corrected chi connectivity index (χ1v) is 6.60. The summed E-state index contributed by atoms with van der Waals surface area (Å²) in [5, 5.41) is 17.5. The first-order chi connectivity index (χ1) is 9.81. The van der Waals surface area contributed by atoms with Crippen LogP contribution in [0.1, 0.15) is 21.5 Å². The van der Waals surface area contributed by atoms with E-state index in [-0.39, 0.29) is 13.2 Å². The van der Waals surface area contributed by atoms with Gasteiger partial charge in [-0.05, 0) is 24.0 Å². The molecule has 0 saturated heterocycles. The Morgan fingerprint density at radius 1 is 0.750 bits per heavy atom. The van der Waals surface area contributed by atoms with Gasteiger partial charge in [-0.15, -0.1) is 0 Å². The van der Waals surface area contributed by atoms with Crippen molar-refractivity contribution in [1.29, 1.82) is 0 Å². The minimum atomic E-state index is 0.169. The van der Waals surface area contributed by atoms with E-state index < -0.39 is 0 Å². The fourth-order valence-corrected chi connectivity index (χ4v) is 1.82. The molecule has 0 aliphatic carbocycles. The number of hydrogen-bond donors (Lipinski definition) is 2. The summed E-state index contributed by atoms with van der Waals surface area (Å²) in [5.41, 5.74) is 3.00. The van der Waals surface area contributed by atoms with Gasteiger partial charge in [-0.3, -0.25) is 4.79 Å². The molecule has 106 valence electrons. The normalized spacial score (nSPS) is 9.50. The maximum absolute atomic E-state index is 10.0. The van der Waals surface area contributed by atoms with Crippen molar-refractivity contribution in [2.75, 3.05) is 13.2 Å². The molecule has 3 nitrogen and oxygen atoms in total. The third-order valence-corrected chi connectivity index (χ3v) is 2.82. The van der Waals surface area contributed by atoms with Crippen molar-refractivity contribution in [2.24, 2.45) is 0 Å². The first-order valence-electron chi connectivity index (χ1n) is 6.60. The predicted octanol–water partition coefficient (Wildman–Crippen LogP) is 2.26. The first kappa shape index (κ1) is 16.1. The highest BCUT2D eigenvalue weighted by Gasteiger charge is 1.99. The second-order valence-electron chi connectivity index (χ2n) is 4.24. The van der Waals surface area contributed by atoms with Crippen molar-refractivity contribution in [3.05, 3.63) is 71.3 Å². The van der Waals surface area contributed by atoms with Crippen molar-refractivity contribution < 1.29 is 15.0 Å². The molecule has 0 bridgehead atoms. The van der Waals surface area contributed by atoms with Crippen LogP contribution in [0, 0.1) is 0 Å². The van der Waals surface area contributed by atoms with Crippen LogP contribution >= 0.6 is 0 Å². The molecule has 2 aromatic rings. The zero-order chi connectivity index (χ0) is 14.6. The monoisotopic (exact) mass is 272 g/mol. The number of carbonyl (C=O) groups is 1. The molecule has 2 rings (SSSR count). The maximum atomic E-state index is 10.0. The molecule has 0 radical (unpaired) electrons. The van der Waals surface area contributed by atoms with Crippen LogP contribution in [0.5, 0.6) is 0 Å². The average molecular weight is 272 g/mol. The summed E-state index contributed by atoms with van der Waals surface area (Å²) in [7, 11) is 0. The highest BCUT2D eigenvalue weighted by Crippen LogP contribution is 2.09. The van der Waals surface area contributed by atoms with E-state index in [9.17, 15) is 4.79 Å². The zero-order valence-corrected chi connectivity index (χ0v) is 11.4. The molecule has 2 N–H and O–H groups in total. The second kappa shape index (κ2) is 9.89. The van der Waals surface area contributed by atoms with Gasteiger partial charge in [0.25, 0.3) is 0 Å². The van der Waals surface area contributed by atoms with Crippen LogP contribution < -0.4 is 0 Å². The Hall–Kier alpha value is -1.97. The highest BCUT2D eigenvalue weighted by molar-refractivity contribution is 5.74. The Kier molecular flexibility index (Phi) is 7.96. The van der Waals surface area contributed by atoms with Gasteiger partial charge in [0.15, 0.2) is 0 Å².